The first-order valence-corrected chi connectivity index (χ1v) is 12.4. The summed E-state index contributed by atoms with van der Waals surface area (Å²) in [5.41, 5.74) is 3.00. The van der Waals surface area contributed by atoms with E-state index in [1.807, 2.05) is 62.4 Å². The van der Waals surface area contributed by atoms with Gasteiger partial charge in [0.15, 0.2) is 0 Å². The number of rotatable bonds is 7. The van der Waals surface area contributed by atoms with Gasteiger partial charge in [-0.3, -0.25) is 9.59 Å². The first-order chi connectivity index (χ1) is 16.4. The number of imide groups is 1. The number of anilines is 1. The third-order valence-corrected chi connectivity index (χ3v) is 7.43. The second kappa shape index (κ2) is 10.3. The summed E-state index contributed by atoms with van der Waals surface area (Å²) in [5, 5.41) is 0. The average Bonchev–Trinajstić information content (AvgIpc) is 3.06. The fourth-order valence-corrected chi connectivity index (χ4v) is 5.30. The van der Waals surface area contributed by atoms with Crippen molar-refractivity contribution in [2.45, 2.75) is 30.6 Å². The zero-order valence-corrected chi connectivity index (χ0v) is 20.7. The molecule has 3 aromatic carbocycles. The number of hydrogen-bond donors (Lipinski definition) is 0. The van der Waals surface area contributed by atoms with Gasteiger partial charge in [0.2, 0.25) is 0 Å². The maximum Gasteiger partial charge on any atom is 0.338 e. The van der Waals surface area contributed by atoms with Gasteiger partial charge in [0.25, 0.3) is 11.8 Å². The molecule has 172 valence electrons. The van der Waals surface area contributed by atoms with Crippen LogP contribution in [-0.2, 0) is 14.3 Å². The molecule has 4 rings (SSSR count). The van der Waals surface area contributed by atoms with Crippen LogP contribution in [0.4, 0.5) is 5.69 Å². The molecule has 0 N–H and O–H groups in total. The van der Waals surface area contributed by atoms with E-state index < -0.39 is 5.97 Å². The maximum atomic E-state index is 13.5. The fourth-order valence-electron chi connectivity index (χ4n) is 3.31. The largest absolute Gasteiger partial charge is 0.462 e. The smallest absolute Gasteiger partial charge is 0.338 e. The second-order valence-electron chi connectivity index (χ2n) is 7.70. The maximum absolute atomic E-state index is 13.5. The Bertz CT molecular complexity index is 1190. The number of esters is 1. The molecular weight excluding hydrogens is 466 g/mol. The van der Waals surface area contributed by atoms with Crippen LogP contribution < -0.4 is 4.90 Å². The number of benzene rings is 3. The molecule has 0 radical (unpaired) electrons. The molecule has 0 spiro atoms. The molecule has 1 aliphatic heterocycles. The Morgan fingerprint density at radius 1 is 0.735 bits per heavy atom. The molecule has 0 bridgehead atoms. The number of amides is 2. The molecule has 5 nitrogen and oxygen atoms in total. The van der Waals surface area contributed by atoms with Crippen LogP contribution in [0.25, 0.3) is 0 Å². The van der Waals surface area contributed by atoms with Gasteiger partial charge < -0.3 is 4.74 Å². The van der Waals surface area contributed by atoms with Crippen molar-refractivity contribution in [1.82, 2.24) is 0 Å². The molecule has 0 aromatic heterocycles. The van der Waals surface area contributed by atoms with Crippen molar-refractivity contribution in [1.29, 1.82) is 0 Å². The van der Waals surface area contributed by atoms with Crippen LogP contribution >= 0.6 is 23.5 Å². The number of hydrogen-bond acceptors (Lipinski definition) is 6. The normalized spacial score (nSPS) is 13.6. The molecule has 1 aliphatic rings. The van der Waals surface area contributed by atoms with Crippen molar-refractivity contribution in [3.05, 3.63) is 99.3 Å². The Morgan fingerprint density at radius 3 is 1.59 bits per heavy atom. The van der Waals surface area contributed by atoms with E-state index in [0.717, 1.165) is 20.9 Å². The van der Waals surface area contributed by atoms with Gasteiger partial charge >= 0.3 is 5.97 Å². The molecule has 0 aliphatic carbocycles. The number of carbonyl (C=O) groups excluding carboxylic acids is 3. The van der Waals surface area contributed by atoms with Crippen LogP contribution in [0.5, 0.6) is 0 Å². The van der Waals surface area contributed by atoms with Gasteiger partial charge in [-0.2, -0.15) is 0 Å². The minimum atomic E-state index is -0.447. The van der Waals surface area contributed by atoms with E-state index in [9.17, 15) is 14.4 Å². The summed E-state index contributed by atoms with van der Waals surface area (Å²) in [6.45, 7) is 6.00. The Balaban J connectivity index is 1.68. The summed E-state index contributed by atoms with van der Waals surface area (Å²) in [6.07, 6.45) is 0. The van der Waals surface area contributed by atoms with E-state index in [1.54, 1.807) is 31.2 Å². The summed E-state index contributed by atoms with van der Waals surface area (Å²) in [5.74, 6) is -1.21. The van der Waals surface area contributed by atoms with Crippen LogP contribution in [0.1, 0.15) is 28.4 Å². The van der Waals surface area contributed by atoms with E-state index in [0.29, 0.717) is 21.1 Å². The first-order valence-electron chi connectivity index (χ1n) is 10.8. The fraction of sp³-hybridized carbons (Fsp3) is 0.148. The highest BCUT2D eigenvalue weighted by molar-refractivity contribution is 8.08. The standard InChI is InChI=1S/C27H23NO4S2/c1-4-32-27(31)19-9-11-20(12-10-19)28-25(29)23(33-21-13-5-17(2)6-14-21)24(26(28)30)34-22-15-7-18(3)8-16-22/h5-16H,4H2,1-3H3. The van der Waals surface area contributed by atoms with Crippen molar-refractivity contribution in [3.8, 4) is 0 Å². The Labute approximate surface area is 207 Å². The molecule has 0 unspecified atom stereocenters. The predicted molar refractivity (Wildman–Crippen MR) is 136 cm³/mol. The average molecular weight is 490 g/mol. The van der Waals surface area contributed by atoms with Gasteiger partial charge in [0.1, 0.15) is 0 Å². The van der Waals surface area contributed by atoms with Gasteiger partial charge in [-0.25, -0.2) is 9.69 Å². The van der Waals surface area contributed by atoms with Crippen LogP contribution in [0, 0.1) is 13.8 Å². The highest BCUT2D eigenvalue weighted by Gasteiger charge is 2.40. The lowest BCUT2D eigenvalue weighted by Crippen LogP contribution is -2.31. The van der Waals surface area contributed by atoms with Crippen molar-refractivity contribution in [3.63, 3.8) is 0 Å². The lowest BCUT2D eigenvalue weighted by Gasteiger charge is -2.15. The number of aryl methyl sites for hydroxylation is 2. The van der Waals surface area contributed by atoms with Gasteiger partial charge in [0, 0.05) is 9.79 Å². The van der Waals surface area contributed by atoms with Crippen molar-refractivity contribution < 1.29 is 19.1 Å². The molecular formula is C27H23NO4S2. The lowest BCUT2D eigenvalue weighted by atomic mass is 10.2. The van der Waals surface area contributed by atoms with Gasteiger partial charge in [0.05, 0.1) is 27.7 Å². The minimum Gasteiger partial charge on any atom is -0.462 e. The highest BCUT2D eigenvalue weighted by Crippen LogP contribution is 2.44. The summed E-state index contributed by atoms with van der Waals surface area (Å²) in [6, 6.07) is 22.0. The minimum absolute atomic E-state index is 0.271. The van der Waals surface area contributed by atoms with Gasteiger partial charge in [-0.15, -0.1) is 0 Å². The van der Waals surface area contributed by atoms with E-state index in [1.165, 1.54) is 28.4 Å². The quantitative estimate of drug-likeness (QED) is 0.293. The van der Waals surface area contributed by atoms with Gasteiger partial charge in [-0.05, 0) is 69.3 Å². The Morgan fingerprint density at radius 2 is 1.18 bits per heavy atom. The van der Waals surface area contributed by atoms with Crippen LogP contribution in [0.2, 0.25) is 0 Å². The number of nitrogens with zero attached hydrogens (tertiary/aromatic N) is 1. The van der Waals surface area contributed by atoms with Gasteiger partial charge in [-0.1, -0.05) is 58.9 Å². The summed E-state index contributed by atoms with van der Waals surface area (Å²) in [4.78, 5) is 42.6. The van der Waals surface area contributed by atoms with Crippen molar-refractivity contribution in [2.75, 3.05) is 11.5 Å². The molecule has 0 fully saturated rings. The SMILES string of the molecule is CCOC(=O)c1ccc(N2C(=O)C(Sc3ccc(C)cc3)=C(Sc3ccc(C)cc3)C2=O)cc1. The zero-order valence-electron chi connectivity index (χ0n) is 19.0. The van der Waals surface area contributed by atoms with Crippen LogP contribution in [-0.4, -0.2) is 24.4 Å². The third kappa shape index (κ3) is 5.11. The molecule has 0 saturated carbocycles. The first kappa shape index (κ1) is 23.9. The molecule has 0 atom stereocenters. The molecule has 0 saturated heterocycles. The Hall–Kier alpha value is -3.29. The lowest BCUT2D eigenvalue weighted by molar-refractivity contribution is -0.120. The monoisotopic (exact) mass is 489 g/mol. The number of thioether (sulfide) groups is 2. The van der Waals surface area contributed by atoms with Crippen LogP contribution in [0.15, 0.2) is 92.4 Å². The molecule has 1 heterocycles. The molecule has 3 aromatic rings. The van der Waals surface area contributed by atoms with E-state index in [2.05, 4.69) is 0 Å². The topological polar surface area (TPSA) is 63.7 Å². The number of ether oxygens (including phenoxy) is 1. The molecule has 34 heavy (non-hydrogen) atoms. The van der Waals surface area contributed by atoms with Crippen molar-refractivity contribution >= 4 is 47.0 Å². The highest BCUT2D eigenvalue weighted by atomic mass is 32.2. The summed E-state index contributed by atoms with van der Waals surface area (Å²) in [7, 11) is 0. The number of carbonyl (C=O) groups is 3. The molecule has 7 heteroatoms. The zero-order chi connectivity index (χ0) is 24.2. The van der Waals surface area contributed by atoms with E-state index in [4.69, 9.17) is 4.74 Å². The molecule has 2 amide bonds. The Kier molecular flexibility index (Phi) is 7.24. The predicted octanol–water partition coefficient (Wildman–Crippen LogP) is 6.15. The van der Waals surface area contributed by atoms with Crippen LogP contribution in [0.3, 0.4) is 0 Å². The van der Waals surface area contributed by atoms with Crippen molar-refractivity contribution in [2.24, 2.45) is 0 Å². The van der Waals surface area contributed by atoms with E-state index >= 15 is 0 Å². The second-order valence-corrected chi connectivity index (χ2v) is 9.87. The van der Waals surface area contributed by atoms with E-state index in [-0.39, 0.29) is 18.4 Å². The third-order valence-electron chi connectivity index (χ3n) is 5.12. The summed E-state index contributed by atoms with van der Waals surface area (Å²) < 4.78 is 5.02. The summed E-state index contributed by atoms with van der Waals surface area (Å²) >= 11 is 2.58.